The summed E-state index contributed by atoms with van der Waals surface area (Å²) in [5.74, 6) is -1.72. The highest BCUT2D eigenvalue weighted by atomic mass is 19.1. The van der Waals surface area contributed by atoms with E-state index in [9.17, 15) is 9.50 Å². The van der Waals surface area contributed by atoms with Gasteiger partial charge >= 0.3 is 0 Å². The summed E-state index contributed by atoms with van der Waals surface area (Å²) >= 11 is 0. The summed E-state index contributed by atoms with van der Waals surface area (Å²) in [5.41, 5.74) is 0.288. The number of nitrogens with zero attached hydrogens (tertiary/aromatic N) is 1. The normalized spacial score (nSPS) is 10.5. The topological polar surface area (TPSA) is 75.6 Å². The zero-order chi connectivity index (χ0) is 9.42. The quantitative estimate of drug-likeness (QED) is 0.489. The molecule has 4 nitrogen and oxygen atoms in total. The molecule has 0 aliphatic rings. The van der Waals surface area contributed by atoms with Gasteiger partial charge in [0.15, 0.2) is 0 Å². The first-order chi connectivity index (χ1) is 6.20. The number of aromatic nitrogens is 2. The first kappa shape index (κ1) is 7.72. The number of rotatable bonds is 1. The number of H-pyrrole nitrogens is 1. The van der Waals surface area contributed by atoms with Crippen molar-refractivity contribution in [1.29, 1.82) is 5.41 Å². The number of fused-ring (bicyclic) bond motifs is 1. The summed E-state index contributed by atoms with van der Waals surface area (Å²) in [6, 6.07) is 2.79. The molecule has 2 rings (SSSR count). The largest absolute Gasteiger partial charge is 0.859 e. The molecule has 0 unspecified atom stereocenters. The zero-order valence-corrected chi connectivity index (χ0v) is 6.47. The lowest BCUT2D eigenvalue weighted by atomic mass is 10.1. The van der Waals surface area contributed by atoms with Gasteiger partial charge in [-0.15, -0.1) is 0 Å². The maximum absolute atomic E-state index is 13.4. The van der Waals surface area contributed by atoms with Crippen molar-refractivity contribution in [2.24, 2.45) is 0 Å². The molecule has 0 spiro atoms. The van der Waals surface area contributed by atoms with Crippen molar-refractivity contribution in [2.75, 3.05) is 0 Å². The Balaban J connectivity index is 2.80. The van der Waals surface area contributed by atoms with Gasteiger partial charge in [-0.05, 0) is 18.0 Å². The van der Waals surface area contributed by atoms with Crippen molar-refractivity contribution in [2.45, 2.75) is 0 Å². The average molecular weight is 178 g/mol. The Kier molecular flexibility index (Phi) is 1.51. The Labute approximate surface area is 72.5 Å². The van der Waals surface area contributed by atoms with Crippen LogP contribution in [0.1, 0.15) is 5.56 Å². The number of benzene rings is 1. The highest BCUT2D eigenvalue weighted by Gasteiger charge is 2.07. The van der Waals surface area contributed by atoms with E-state index >= 15 is 0 Å². The van der Waals surface area contributed by atoms with Gasteiger partial charge in [0, 0.05) is 5.56 Å². The Morgan fingerprint density at radius 1 is 1.54 bits per heavy atom. The molecule has 1 aromatic heterocycles. The van der Waals surface area contributed by atoms with E-state index in [-0.39, 0.29) is 10.9 Å². The lowest BCUT2D eigenvalue weighted by molar-refractivity contribution is -0.214. The highest BCUT2D eigenvalue weighted by molar-refractivity contribution is 5.93. The van der Waals surface area contributed by atoms with E-state index in [1.54, 1.807) is 0 Å². The maximum Gasteiger partial charge on any atom is 0.142 e. The zero-order valence-electron chi connectivity index (χ0n) is 6.47. The van der Waals surface area contributed by atoms with E-state index in [0.29, 0.717) is 5.52 Å². The van der Waals surface area contributed by atoms with Crippen molar-refractivity contribution < 1.29 is 9.50 Å². The summed E-state index contributed by atoms with van der Waals surface area (Å²) < 4.78 is 13.4. The summed E-state index contributed by atoms with van der Waals surface area (Å²) in [6.45, 7) is 0. The Morgan fingerprint density at radius 3 is 3.00 bits per heavy atom. The minimum atomic E-state index is -1.03. The number of aromatic amines is 1. The predicted octanol–water partition coefficient (Wildman–Crippen LogP) is 0.388. The van der Waals surface area contributed by atoms with Crippen molar-refractivity contribution in [3.8, 4) is 0 Å². The van der Waals surface area contributed by atoms with Crippen LogP contribution in [0.2, 0.25) is 0 Å². The Bertz CT molecular complexity index is 477. The molecule has 1 heterocycles. The second-order valence-electron chi connectivity index (χ2n) is 2.59. The van der Waals surface area contributed by atoms with Gasteiger partial charge in [-0.2, -0.15) is 5.10 Å². The molecule has 0 atom stereocenters. The SMILES string of the molecule is N=C([O-])c1ccc2[nH]ncc2c1F. The van der Waals surface area contributed by atoms with Gasteiger partial charge in [-0.1, -0.05) is 0 Å². The third-order valence-corrected chi connectivity index (χ3v) is 1.80. The molecule has 2 aromatic rings. The summed E-state index contributed by atoms with van der Waals surface area (Å²) in [7, 11) is 0. The van der Waals surface area contributed by atoms with Crippen LogP contribution < -0.4 is 5.11 Å². The molecule has 5 heteroatoms. The molecule has 13 heavy (non-hydrogen) atoms. The molecule has 2 N–H and O–H groups in total. The summed E-state index contributed by atoms with van der Waals surface area (Å²) in [6.07, 6.45) is 1.29. The fourth-order valence-electron chi connectivity index (χ4n) is 1.16. The molecule has 0 radical (unpaired) electrons. The van der Waals surface area contributed by atoms with Crippen LogP contribution in [0.4, 0.5) is 4.39 Å². The summed E-state index contributed by atoms with van der Waals surface area (Å²) in [5, 5.41) is 23.8. The van der Waals surface area contributed by atoms with Gasteiger partial charge in [0.25, 0.3) is 0 Å². The second-order valence-corrected chi connectivity index (χ2v) is 2.59. The second kappa shape index (κ2) is 2.55. The third-order valence-electron chi connectivity index (χ3n) is 1.80. The first-order valence-corrected chi connectivity index (χ1v) is 3.57. The Morgan fingerprint density at radius 2 is 2.31 bits per heavy atom. The predicted molar refractivity (Wildman–Crippen MR) is 42.9 cm³/mol. The van der Waals surface area contributed by atoms with Crippen molar-refractivity contribution in [3.05, 3.63) is 29.7 Å². The van der Waals surface area contributed by atoms with Crippen LogP contribution in [-0.4, -0.2) is 16.1 Å². The van der Waals surface area contributed by atoms with Crippen LogP contribution in [0.5, 0.6) is 0 Å². The minimum absolute atomic E-state index is 0.228. The molecular weight excluding hydrogens is 173 g/mol. The van der Waals surface area contributed by atoms with Crippen LogP contribution in [-0.2, 0) is 0 Å². The van der Waals surface area contributed by atoms with E-state index in [1.165, 1.54) is 18.3 Å². The van der Waals surface area contributed by atoms with Gasteiger partial charge in [0.1, 0.15) is 5.82 Å². The number of halogens is 1. The summed E-state index contributed by atoms with van der Waals surface area (Å²) in [4.78, 5) is 0. The third kappa shape index (κ3) is 1.05. The lowest BCUT2D eigenvalue weighted by Gasteiger charge is -2.08. The van der Waals surface area contributed by atoms with Crippen LogP contribution in [0.3, 0.4) is 0 Å². The van der Waals surface area contributed by atoms with Crippen molar-refractivity contribution >= 4 is 16.8 Å². The van der Waals surface area contributed by atoms with Crippen molar-refractivity contribution in [3.63, 3.8) is 0 Å². The molecule has 0 aliphatic heterocycles. The average Bonchev–Trinajstić information content (AvgIpc) is 2.52. The molecule has 0 amide bonds. The monoisotopic (exact) mass is 178 g/mol. The van der Waals surface area contributed by atoms with E-state index in [1.807, 2.05) is 0 Å². The van der Waals surface area contributed by atoms with Gasteiger partial charge in [0.05, 0.1) is 17.1 Å². The van der Waals surface area contributed by atoms with Crippen LogP contribution in [0.25, 0.3) is 10.9 Å². The number of hydrogen-bond donors (Lipinski definition) is 2. The molecule has 66 valence electrons. The van der Waals surface area contributed by atoms with Crippen molar-refractivity contribution in [1.82, 2.24) is 10.2 Å². The van der Waals surface area contributed by atoms with Gasteiger partial charge in [-0.25, -0.2) is 4.39 Å². The molecular formula is C8H5FN3O-. The fraction of sp³-hybridized carbons (Fsp3) is 0. The van der Waals surface area contributed by atoms with Gasteiger partial charge < -0.3 is 10.5 Å². The number of hydrogen-bond acceptors (Lipinski definition) is 3. The Hall–Kier alpha value is -1.91. The van der Waals surface area contributed by atoms with Crippen LogP contribution in [0.15, 0.2) is 18.3 Å². The van der Waals surface area contributed by atoms with Crippen LogP contribution >= 0.6 is 0 Å². The lowest BCUT2D eigenvalue weighted by Crippen LogP contribution is -2.18. The smallest absolute Gasteiger partial charge is 0.142 e. The molecule has 0 saturated carbocycles. The van der Waals surface area contributed by atoms with E-state index < -0.39 is 11.7 Å². The number of nitrogens with one attached hydrogen (secondary N) is 2. The molecule has 0 aliphatic carbocycles. The molecule has 0 bridgehead atoms. The van der Waals surface area contributed by atoms with Gasteiger partial charge in [-0.3, -0.25) is 5.10 Å². The van der Waals surface area contributed by atoms with Gasteiger partial charge in [0.2, 0.25) is 0 Å². The van der Waals surface area contributed by atoms with Crippen LogP contribution in [0, 0.1) is 11.2 Å². The maximum atomic E-state index is 13.4. The highest BCUT2D eigenvalue weighted by Crippen LogP contribution is 2.18. The minimum Gasteiger partial charge on any atom is -0.859 e. The van der Waals surface area contributed by atoms with E-state index in [0.717, 1.165) is 0 Å². The first-order valence-electron chi connectivity index (χ1n) is 3.57. The molecule has 0 saturated heterocycles. The fourth-order valence-corrected chi connectivity index (χ4v) is 1.16. The van der Waals surface area contributed by atoms with E-state index in [4.69, 9.17) is 5.41 Å². The standard InChI is InChI=1S/C8H6FN3O/c9-7-4(8(10)13)1-2-6-5(7)3-11-12-6/h1-3H,(H2,10,13)(H,11,12)/p-1. The van der Waals surface area contributed by atoms with E-state index in [2.05, 4.69) is 10.2 Å². The molecule has 0 fully saturated rings. The molecule has 1 aromatic carbocycles.